The summed E-state index contributed by atoms with van der Waals surface area (Å²) in [6.07, 6.45) is 0. The van der Waals surface area contributed by atoms with E-state index in [4.69, 9.17) is 5.73 Å². The van der Waals surface area contributed by atoms with Crippen LogP contribution in [-0.4, -0.2) is 5.11 Å². The molecule has 0 spiro atoms. The van der Waals surface area contributed by atoms with E-state index >= 15 is 0 Å². The Morgan fingerprint density at radius 2 is 1.13 bits per heavy atom. The summed E-state index contributed by atoms with van der Waals surface area (Å²) in [5.74, 6) is 0. The third-order valence-corrected chi connectivity index (χ3v) is 4.29. The average molecular weight is 303 g/mol. The topological polar surface area (TPSA) is 46.2 Å². The van der Waals surface area contributed by atoms with E-state index in [0.29, 0.717) is 11.3 Å². The zero-order valence-corrected chi connectivity index (χ0v) is 13.5. The molecule has 2 nitrogen and oxygen atoms in total. The maximum atomic E-state index is 11.7. The smallest absolute Gasteiger partial charge is 0.142 e. The molecular formula is C21H21NO. The van der Waals surface area contributed by atoms with Crippen LogP contribution >= 0.6 is 0 Å². The van der Waals surface area contributed by atoms with Gasteiger partial charge in [0.1, 0.15) is 5.60 Å². The van der Waals surface area contributed by atoms with Crippen LogP contribution in [0.15, 0.2) is 72.8 Å². The highest BCUT2D eigenvalue weighted by molar-refractivity contribution is 5.58. The lowest BCUT2D eigenvalue weighted by Crippen LogP contribution is -2.30. The molecular weight excluding hydrogens is 282 g/mol. The molecule has 3 N–H and O–H groups in total. The number of aryl methyl sites for hydroxylation is 2. The first kappa shape index (κ1) is 15.3. The predicted molar refractivity (Wildman–Crippen MR) is 95.3 cm³/mol. The van der Waals surface area contributed by atoms with Gasteiger partial charge in [0.05, 0.1) is 0 Å². The van der Waals surface area contributed by atoms with Crippen LogP contribution in [0.3, 0.4) is 0 Å². The van der Waals surface area contributed by atoms with Gasteiger partial charge in [0.25, 0.3) is 0 Å². The van der Waals surface area contributed by atoms with E-state index in [0.717, 1.165) is 22.3 Å². The maximum Gasteiger partial charge on any atom is 0.142 e. The number of anilines is 1. The molecule has 3 aromatic rings. The molecule has 0 atom stereocenters. The molecule has 0 radical (unpaired) electrons. The quantitative estimate of drug-likeness (QED) is 0.563. The van der Waals surface area contributed by atoms with Crippen LogP contribution in [-0.2, 0) is 5.60 Å². The van der Waals surface area contributed by atoms with Crippen molar-refractivity contribution in [2.75, 3.05) is 5.73 Å². The van der Waals surface area contributed by atoms with E-state index in [-0.39, 0.29) is 0 Å². The van der Waals surface area contributed by atoms with Crippen LogP contribution in [0.5, 0.6) is 0 Å². The van der Waals surface area contributed by atoms with Crippen molar-refractivity contribution in [2.45, 2.75) is 19.4 Å². The monoisotopic (exact) mass is 303 g/mol. The van der Waals surface area contributed by atoms with Crippen molar-refractivity contribution in [1.82, 2.24) is 0 Å². The minimum Gasteiger partial charge on any atom is -0.398 e. The van der Waals surface area contributed by atoms with Crippen LogP contribution in [0.25, 0.3) is 0 Å². The fraction of sp³-hybridized carbons (Fsp3) is 0.143. The van der Waals surface area contributed by atoms with Crippen LogP contribution in [0.4, 0.5) is 5.69 Å². The summed E-state index contributed by atoms with van der Waals surface area (Å²) < 4.78 is 0. The van der Waals surface area contributed by atoms with Crippen LogP contribution in [0.1, 0.15) is 27.8 Å². The minimum atomic E-state index is -1.27. The molecule has 0 aliphatic heterocycles. The highest BCUT2D eigenvalue weighted by atomic mass is 16.3. The first-order chi connectivity index (χ1) is 11.0. The molecule has 0 unspecified atom stereocenters. The molecule has 0 saturated heterocycles. The average Bonchev–Trinajstić information content (AvgIpc) is 2.56. The van der Waals surface area contributed by atoms with Gasteiger partial charge in [-0.2, -0.15) is 0 Å². The van der Waals surface area contributed by atoms with Gasteiger partial charge in [0, 0.05) is 11.3 Å². The number of benzene rings is 3. The molecule has 116 valence electrons. The van der Waals surface area contributed by atoms with Crippen molar-refractivity contribution < 1.29 is 5.11 Å². The van der Waals surface area contributed by atoms with Gasteiger partial charge in [-0.1, -0.05) is 77.9 Å². The largest absolute Gasteiger partial charge is 0.398 e. The summed E-state index contributed by atoms with van der Waals surface area (Å²) in [4.78, 5) is 0. The Morgan fingerprint density at radius 1 is 0.696 bits per heavy atom. The number of nitrogen functional groups attached to an aromatic ring is 1. The van der Waals surface area contributed by atoms with Crippen molar-refractivity contribution in [3.05, 3.63) is 101 Å². The molecule has 0 aliphatic carbocycles. The Hall–Kier alpha value is -2.58. The van der Waals surface area contributed by atoms with Gasteiger partial charge in [0.15, 0.2) is 0 Å². The molecule has 23 heavy (non-hydrogen) atoms. The lowest BCUT2D eigenvalue weighted by atomic mass is 9.79. The second-order valence-corrected chi connectivity index (χ2v) is 6.03. The maximum absolute atomic E-state index is 11.7. The standard InChI is InChI=1S/C21H21NO/c1-15-7-11-17(12-8-15)21(23,18-13-9-16(2)10-14-18)19-5-3-4-6-20(19)22/h3-14,23H,22H2,1-2H3. The molecule has 0 aromatic heterocycles. The third-order valence-electron chi connectivity index (χ3n) is 4.29. The van der Waals surface area contributed by atoms with Crippen molar-refractivity contribution in [3.63, 3.8) is 0 Å². The molecule has 3 aromatic carbocycles. The Balaban J connectivity index is 2.27. The number of rotatable bonds is 3. The number of aliphatic hydroxyl groups is 1. The van der Waals surface area contributed by atoms with Gasteiger partial charge in [-0.3, -0.25) is 0 Å². The Morgan fingerprint density at radius 3 is 1.57 bits per heavy atom. The second kappa shape index (κ2) is 5.90. The Bertz CT molecular complexity index is 759. The lowest BCUT2D eigenvalue weighted by Gasteiger charge is -2.31. The highest BCUT2D eigenvalue weighted by Gasteiger charge is 2.35. The van der Waals surface area contributed by atoms with Gasteiger partial charge >= 0.3 is 0 Å². The van der Waals surface area contributed by atoms with E-state index < -0.39 is 5.60 Å². The number of para-hydroxylation sites is 1. The summed E-state index contributed by atoms with van der Waals surface area (Å²) in [6.45, 7) is 4.07. The highest BCUT2D eigenvalue weighted by Crippen LogP contribution is 2.39. The molecule has 0 heterocycles. The zero-order chi connectivity index (χ0) is 16.4. The minimum absolute atomic E-state index is 0.580. The number of hydrogen-bond acceptors (Lipinski definition) is 2. The van der Waals surface area contributed by atoms with E-state index in [9.17, 15) is 5.11 Å². The second-order valence-electron chi connectivity index (χ2n) is 6.03. The SMILES string of the molecule is Cc1ccc(C(O)(c2ccc(C)cc2)c2ccccc2N)cc1. The summed E-state index contributed by atoms with van der Waals surface area (Å²) in [5, 5.41) is 11.7. The van der Waals surface area contributed by atoms with Crippen LogP contribution < -0.4 is 5.73 Å². The normalized spacial score (nSPS) is 11.4. The molecule has 0 bridgehead atoms. The number of hydrogen-bond donors (Lipinski definition) is 2. The van der Waals surface area contributed by atoms with Crippen molar-refractivity contribution in [1.29, 1.82) is 0 Å². The van der Waals surface area contributed by atoms with E-state index in [1.54, 1.807) is 0 Å². The summed E-state index contributed by atoms with van der Waals surface area (Å²) in [6, 6.07) is 23.4. The van der Waals surface area contributed by atoms with Gasteiger partial charge in [-0.15, -0.1) is 0 Å². The molecule has 0 aliphatic rings. The van der Waals surface area contributed by atoms with Crippen LogP contribution in [0, 0.1) is 13.8 Å². The first-order valence-corrected chi connectivity index (χ1v) is 7.73. The molecule has 2 heteroatoms. The number of nitrogens with two attached hydrogens (primary N) is 1. The van der Waals surface area contributed by atoms with Gasteiger partial charge in [-0.25, -0.2) is 0 Å². The predicted octanol–water partition coefficient (Wildman–Crippen LogP) is 4.17. The molecule has 0 saturated carbocycles. The fourth-order valence-electron chi connectivity index (χ4n) is 2.89. The zero-order valence-electron chi connectivity index (χ0n) is 13.5. The fourth-order valence-corrected chi connectivity index (χ4v) is 2.89. The van der Waals surface area contributed by atoms with Crippen molar-refractivity contribution in [2.24, 2.45) is 0 Å². The van der Waals surface area contributed by atoms with E-state index in [1.165, 1.54) is 0 Å². The Kier molecular flexibility index (Phi) is 3.93. The van der Waals surface area contributed by atoms with Gasteiger partial charge in [0.2, 0.25) is 0 Å². The van der Waals surface area contributed by atoms with Gasteiger partial charge < -0.3 is 10.8 Å². The van der Waals surface area contributed by atoms with Crippen molar-refractivity contribution >= 4 is 5.69 Å². The summed E-state index contributed by atoms with van der Waals surface area (Å²) in [7, 11) is 0. The van der Waals surface area contributed by atoms with Crippen LogP contribution in [0.2, 0.25) is 0 Å². The van der Waals surface area contributed by atoms with E-state index in [2.05, 4.69) is 0 Å². The molecule has 0 fully saturated rings. The molecule has 0 amide bonds. The summed E-state index contributed by atoms with van der Waals surface area (Å²) >= 11 is 0. The first-order valence-electron chi connectivity index (χ1n) is 7.73. The lowest BCUT2D eigenvalue weighted by molar-refractivity contribution is 0.126. The van der Waals surface area contributed by atoms with Gasteiger partial charge in [-0.05, 0) is 31.0 Å². The third kappa shape index (κ3) is 2.73. The van der Waals surface area contributed by atoms with E-state index in [1.807, 2.05) is 86.6 Å². The summed E-state index contributed by atoms with van der Waals surface area (Å²) in [5.41, 5.74) is 10.1. The Labute approximate surface area is 137 Å². The van der Waals surface area contributed by atoms with Crippen molar-refractivity contribution in [3.8, 4) is 0 Å². The molecule has 3 rings (SSSR count).